The van der Waals surface area contributed by atoms with Crippen LogP contribution in [0.15, 0.2) is 42.7 Å². The van der Waals surface area contributed by atoms with Gasteiger partial charge in [-0.05, 0) is 44.2 Å². The van der Waals surface area contributed by atoms with E-state index in [1.165, 1.54) is 24.3 Å². The fourth-order valence-electron chi connectivity index (χ4n) is 2.26. The maximum atomic E-state index is 12.8. The number of benzene rings is 1. The zero-order valence-electron chi connectivity index (χ0n) is 13.4. The predicted molar refractivity (Wildman–Crippen MR) is 88.4 cm³/mol. The summed E-state index contributed by atoms with van der Waals surface area (Å²) in [5.74, 6) is -0.247. The van der Waals surface area contributed by atoms with Gasteiger partial charge >= 0.3 is 0 Å². The van der Waals surface area contributed by atoms with Gasteiger partial charge in [0.2, 0.25) is 0 Å². The minimum Gasteiger partial charge on any atom is -0.484 e. The number of rotatable bonds is 5. The van der Waals surface area contributed by atoms with Crippen LogP contribution in [0.4, 0.5) is 10.1 Å². The highest BCUT2D eigenvalue weighted by Crippen LogP contribution is 2.19. The van der Waals surface area contributed by atoms with Gasteiger partial charge in [-0.3, -0.25) is 4.79 Å². The van der Waals surface area contributed by atoms with Gasteiger partial charge in [0.25, 0.3) is 5.91 Å². The van der Waals surface area contributed by atoms with Crippen LogP contribution in [0.5, 0.6) is 5.75 Å². The number of carbonyl (C=O) groups is 1. The molecule has 0 unspecified atom stereocenters. The number of pyridine rings is 1. The zero-order valence-corrected chi connectivity index (χ0v) is 13.4. The third-order valence-electron chi connectivity index (χ3n) is 3.39. The number of carbonyl (C=O) groups excluding carboxylic acids is 1. The number of amides is 1. The fourth-order valence-corrected chi connectivity index (χ4v) is 2.26. The minimum absolute atomic E-state index is 0.172. The monoisotopic (exact) mass is 328 g/mol. The Morgan fingerprint density at radius 3 is 2.75 bits per heavy atom. The summed E-state index contributed by atoms with van der Waals surface area (Å²) in [5, 5.41) is 7.85. The van der Waals surface area contributed by atoms with Crippen LogP contribution in [0.25, 0.3) is 11.0 Å². The highest BCUT2D eigenvalue weighted by atomic mass is 19.1. The van der Waals surface area contributed by atoms with Crippen molar-refractivity contribution in [3.05, 3.63) is 48.5 Å². The van der Waals surface area contributed by atoms with E-state index in [-0.39, 0.29) is 24.4 Å². The van der Waals surface area contributed by atoms with Crippen molar-refractivity contribution in [1.29, 1.82) is 0 Å². The smallest absolute Gasteiger partial charge is 0.262 e. The van der Waals surface area contributed by atoms with E-state index in [1.54, 1.807) is 12.4 Å². The summed E-state index contributed by atoms with van der Waals surface area (Å²) in [7, 11) is 0. The van der Waals surface area contributed by atoms with Crippen molar-refractivity contribution < 1.29 is 13.9 Å². The van der Waals surface area contributed by atoms with Crippen LogP contribution >= 0.6 is 0 Å². The highest BCUT2D eigenvalue weighted by Gasteiger charge is 2.09. The molecule has 124 valence electrons. The lowest BCUT2D eigenvalue weighted by atomic mass is 10.3. The van der Waals surface area contributed by atoms with Crippen molar-refractivity contribution in [2.75, 3.05) is 11.9 Å². The number of nitrogens with one attached hydrogen (secondary N) is 1. The fraction of sp³-hybridized carbons (Fsp3) is 0.235. The van der Waals surface area contributed by atoms with Gasteiger partial charge in [-0.1, -0.05) is 0 Å². The lowest BCUT2D eigenvalue weighted by Gasteiger charge is -2.08. The number of anilines is 1. The Labute approximate surface area is 138 Å². The molecule has 0 atom stereocenters. The highest BCUT2D eigenvalue weighted by molar-refractivity contribution is 5.93. The molecule has 24 heavy (non-hydrogen) atoms. The number of halogens is 1. The largest absolute Gasteiger partial charge is 0.484 e. The van der Waals surface area contributed by atoms with E-state index in [2.05, 4.69) is 15.4 Å². The van der Waals surface area contributed by atoms with Crippen LogP contribution in [0.1, 0.15) is 19.9 Å². The molecule has 3 rings (SSSR count). The predicted octanol–water partition coefficient (Wildman–Crippen LogP) is 3.17. The third kappa shape index (κ3) is 3.51. The van der Waals surface area contributed by atoms with E-state index in [9.17, 15) is 9.18 Å². The van der Waals surface area contributed by atoms with Crippen LogP contribution in [0, 0.1) is 5.82 Å². The molecule has 0 saturated carbocycles. The van der Waals surface area contributed by atoms with E-state index in [4.69, 9.17) is 4.74 Å². The molecular formula is C17H17FN4O2. The van der Waals surface area contributed by atoms with Crippen molar-refractivity contribution in [1.82, 2.24) is 14.8 Å². The van der Waals surface area contributed by atoms with Crippen molar-refractivity contribution in [2.45, 2.75) is 19.9 Å². The zero-order chi connectivity index (χ0) is 17.1. The second-order valence-electron chi connectivity index (χ2n) is 5.61. The van der Waals surface area contributed by atoms with Crippen LogP contribution in [0.3, 0.4) is 0 Å². The summed E-state index contributed by atoms with van der Waals surface area (Å²) in [4.78, 5) is 16.3. The first-order chi connectivity index (χ1) is 11.5. The quantitative estimate of drug-likeness (QED) is 0.781. The molecule has 7 heteroatoms. The van der Waals surface area contributed by atoms with Crippen LogP contribution in [-0.4, -0.2) is 27.3 Å². The first-order valence-electron chi connectivity index (χ1n) is 7.54. The molecule has 0 aliphatic rings. The molecule has 0 bridgehead atoms. The Kier molecular flexibility index (Phi) is 4.41. The molecule has 6 nitrogen and oxygen atoms in total. The number of ether oxygens (including phenoxy) is 1. The number of aromatic nitrogens is 3. The van der Waals surface area contributed by atoms with Gasteiger partial charge in [-0.2, -0.15) is 5.10 Å². The van der Waals surface area contributed by atoms with E-state index in [0.717, 1.165) is 11.0 Å². The minimum atomic E-state index is -0.354. The molecule has 0 aliphatic heterocycles. The maximum Gasteiger partial charge on any atom is 0.262 e. The number of nitrogens with zero attached hydrogens (tertiary/aromatic N) is 3. The Morgan fingerprint density at radius 1 is 1.29 bits per heavy atom. The first kappa shape index (κ1) is 15.9. The van der Waals surface area contributed by atoms with Gasteiger partial charge in [0.1, 0.15) is 11.6 Å². The summed E-state index contributed by atoms with van der Waals surface area (Å²) in [6, 6.07) is 7.51. The van der Waals surface area contributed by atoms with Crippen LogP contribution in [0.2, 0.25) is 0 Å². The maximum absolute atomic E-state index is 12.8. The number of fused-ring (bicyclic) bond motifs is 1. The molecule has 2 heterocycles. The molecule has 0 fully saturated rings. The summed E-state index contributed by atoms with van der Waals surface area (Å²) >= 11 is 0. The van der Waals surface area contributed by atoms with Crippen molar-refractivity contribution >= 4 is 22.6 Å². The van der Waals surface area contributed by atoms with Crippen LogP contribution in [-0.2, 0) is 4.79 Å². The molecule has 1 N–H and O–H groups in total. The Balaban J connectivity index is 1.63. The van der Waals surface area contributed by atoms with E-state index < -0.39 is 0 Å². The van der Waals surface area contributed by atoms with Gasteiger partial charge in [0.15, 0.2) is 12.3 Å². The van der Waals surface area contributed by atoms with Crippen molar-refractivity contribution in [3.63, 3.8) is 0 Å². The Morgan fingerprint density at radius 2 is 2.04 bits per heavy atom. The Hall–Kier alpha value is -2.96. The Bertz CT molecular complexity index is 859. The average molecular weight is 328 g/mol. The van der Waals surface area contributed by atoms with Crippen LogP contribution < -0.4 is 10.1 Å². The molecule has 1 aromatic carbocycles. The van der Waals surface area contributed by atoms with E-state index >= 15 is 0 Å². The summed E-state index contributed by atoms with van der Waals surface area (Å²) in [6.45, 7) is 3.88. The molecule has 0 saturated heterocycles. The van der Waals surface area contributed by atoms with E-state index in [0.29, 0.717) is 11.4 Å². The van der Waals surface area contributed by atoms with Gasteiger partial charge in [-0.15, -0.1) is 0 Å². The molecule has 0 radical (unpaired) electrons. The average Bonchev–Trinajstić information content (AvgIpc) is 2.97. The molecule has 3 aromatic rings. The molecule has 2 aromatic heterocycles. The lowest BCUT2D eigenvalue weighted by Crippen LogP contribution is -2.20. The van der Waals surface area contributed by atoms with E-state index in [1.807, 2.05) is 24.6 Å². The molecular weight excluding hydrogens is 311 g/mol. The normalized spacial score (nSPS) is 11.0. The van der Waals surface area contributed by atoms with Gasteiger partial charge in [0, 0.05) is 11.4 Å². The number of hydrogen-bond acceptors (Lipinski definition) is 4. The summed E-state index contributed by atoms with van der Waals surface area (Å²) < 4.78 is 19.9. The SMILES string of the molecule is CC(C)n1ncc2cc(NC(=O)COc3ccc(F)cc3)cnc21. The second-order valence-corrected chi connectivity index (χ2v) is 5.61. The summed E-state index contributed by atoms with van der Waals surface area (Å²) in [6.07, 6.45) is 3.30. The molecule has 0 aliphatic carbocycles. The van der Waals surface area contributed by atoms with Gasteiger partial charge < -0.3 is 10.1 Å². The van der Waals surface area contributed by atoms with Crippen molar-refractivity contribution in [3.8, 4) is 5.75 Å². The standard InChI is InChI=1S/C17H17FN4O2/c1-11(2)22-17-12(8-20-22)7-14(9-19-17)21-16(23)10-24-15-5-3-13(18)4-6-15/h3-9,11H,10H2,1-2H3,(H,21,23). The third-order valence-corrected chi connectivity index (χ3v) is 3.39. The van der Waals surface area contributed by atoms with Crippen molar-refractivity contribution in [2.24, 2.45) is 0 Å². The lowest BCUT2D eigenvalue weighted by molar-refractivity contribution is -0.118. The first-order valence-corrected chi connectivity index (χ1v) is 7.54. The second kappa shape index (κ2) is 6.66. The summed E-state index contributed by atoms with van der Waals surface area (Å²) in [5.41, 5.74) is 1.34. The number of hydrogen-bond donors (Lipinski definition) is 1. The molecule has 1 amide bonds. The van der Waals surface area contributed by atoms with Gasteiger partial charge in [-0.25, -0.2) is 14.1 Å². The molecule has 0 spiro atoms. The topological polar surface area (TPSA) is 69.0 Å². The van der Waals surface area contributed by atoms with Gasteiger partial charge in [0.05, 0.1) is 18.1 Å².